The van der Waals surface area contributed by atoms with E-state index in [4.69, 9.17) is 9.47 Å². The first-order chi connectivity index (χ1) is 16.6. The molecule has 0 radical (unpaired) electrons. The molecule has 8 rings (SSSR count). The molecule has 6 aliphatic rings. The number of carbonyl (C=O) groups excluding carboxylic acids is 2. The molecule has 0 aromatic heterocycles. The Balaban J connectivity index is 1.43. The molecule has 5 heterocycles. The Morgan fingerprint density at radius 3 is 2.79 bits per heavy atom. The van der Waals surface area contributed by atoms with Gasteiger partial charge in [0.2, 0.25) is 11.6 Å². The van der Waals surface area contributed by atoms with Gasteiger partial charge in [-0.15, -0.1) is 0 Å². The zero-order valence-corrected chi connectivity index (χ0v) is 18.9. The Morgan fingerprint density at radius 1 is 1.09 bits per heavy atom. The Hall–Kier alpha value is -2.96. The molecule has 1 saturated carbocycles. The SMILES string of the molecule is O=C(OC12[C@H]3C4CC(=O)N1c1ccccc1[C@@]21CCN2CC(=CCO4)[C@@H]3C[C@H]21)c1ccccc1. The fourth-order valence-electron chi connectivity index (χ4n) is 8.54. The summed E-state index contributed by atoms with van der Waals surface area (Å²) in [6, 6.07) is 17.7. The second-order valence-corrected chi connectivity index (χ2v) is 10.6. The van der Waals surface area contributed by atoms with Crippen LogP contribution in [-0.4, -0.2) is 54.3 Å². The number of piperidine rings is 2. The topological polar surface area (TPSA) is 59.1 Å². The molecular formula is C28H26N2O4. The fraction of sp³-hybridized carbons (Fsp3) is 0.429. The summed E-state index contributed by atoms with van der Waals surface area (Å²) in [7, 11) is 0. The number of esters is 1. The van der Waals surface area contributed by atoms with Crippen molar-refractivity contribution in [3.8, 4) is 0 Å². The van der Waals surface area contributed by atoms with Crippen LogP contribution < -0.4 is 4.90 Å². The summed E-state index contributed by atoms with van der Waals surface area (Å²) in [5, 5.41) is 0. The van der Waals surface area contributed by atoms with Gasteiger partial charge >= 0.3 is 5.97 Å². The maximum Gasteiger partial charge on any atom is 0.340 e. The van der Waals surface area contributed by atoms with Gasteiger partial charge in [0, 0.05) is 12.6 Å². The Bertz CT molecular complexity index is 1270. The fourth-order valence-corrected chi connectivity index (χ4v) is 8.54. The van der Waals surface area contributed by atoms with E-state index in [-0.39, 0.29) is 35.9 Å². The zero-order valence-electron chi connectivity index (χ0n) is 18.9. The lowest BCUT2D eigenvalue weighted by Gasteiger charge is -2.64. The molecule has 1 spiro atoms. The third-order valence-electron chi connectivity index (χ3n) is 9.56. The van der Waals surface area contributed by atoms with E-state index in [1.165, 1.54) is 5.57 Å². The van der Waals surface area contributed by atoms with Crippen molar-refractivity contribution in [2.24, 2.45) is 11.8 Å². The van der Waals surface area contributed by atoms with Gasteiger partial charge in [0.1, 0.15) is 0 Å². The lowest BCUT2D eigenvalue weighted by molar-refractivity contribution is -0.197. The van der Waals surface area contributed by atoms with Gasteiger partial charge in [-0.2, -0.15) is 0 Å². The van der Waals surface area contributed by atoms with Crippen LogP contribution in [0.4, 0.5) is 5.69 Å². The number of rotatable bonds is 2. The molecule has 34 heavy (non-hydrogen) atoms. The Labute approximate surface area is 198 Å². The van der Waals surface area contributed by atoms with Gasteiger partial charge in [-0.1, -0.05) is 48.0 Å². The quantitative estimate of drug-likeness (QED) is 0.515. The summed E-state index contributed by atoms with van der Waals surface area (Å²) in [6.07, 6.45) is 4.19. The summed E-state index contributed by atoms with van der Waals surface area (Å²) in [5.74, 6) is -0.211. The van der Waals surface area contributed by atoms with E-state index in [1.807, 2.05) is 35.2 Å². The first-order valence-electron chi connectivity index (χ1n) is 12.4. The minimum absolute atomic E-state index is 0.00619. The van der Waals surface area contributed by atoms with E-state index in [0.29, 0.717) is 18.6 Å². The van der Waals surface area contributed by atoms with Crippen LogP contribution >= 0.6 is 0 Å². The number of fused-ring (bicyclic) bond motifs is 2. The van der Waals surface area contributed by atoms with Gasteiger partial charge in [-0.3, -0.25) is 14.6 Å². The van der Waals surface area contributed by atoms with E-state index in [0.717, 1.165) is 37.2 Å². The molecule has 6 atom stereocenters. The highest BCUT2D eigenvalue weighted by Gasteiger charge is 2.81. The largest absolute Gasteiger partial charge is 0.433 e. The molecule has 5 aliphatic heterocycles. The molecule has 1 amide bonds. The van der Waals surface area contributed by atoms with Gasteiger partial charge in [0.05, 0.1) is 41.7 Å². The smallest absolute Gasteiger partial charge is 0.340 e. The lowest BCUT2D eigenvalue weighted by Crippen LogP contribution is -2.78. The molecule has 2 unspecified atom stereocenters. The van der Waals surface area contributed by atoms with Crippen LogP contribution in [0.5, 0.6) is 0 Å². The Kier molecular flexibility index (Phi) is 3.63. The van der Waals surface area contributed by atoms with E-state index in [9.17, 15) is 9.59 Å². The van der Waals surface area contributed by atoms with Crippen molar-refractivity contribution in [1.29, 1.82) is 0 Å². The molecule has 1 aliphatic carbocycles. The van der Waals surface area contributed by atoms with Crippen molar-refractivity contribution in [2.75, 3.05) is 24.6 Å². The average Bonchev–Trinajstić information content (AvgIpc) is 3.29. The van der Waals surface area contributed by atoms with Gasteiger partial charge in [0.15, 0.2) is 0 Å². The summed E-state index contributed by atoms with van der Waals surface area (Å²) < 4.78 is 13.2. The van der Waals surface area contributed by atoms with Crippen LogP contribution in [0.3, 0.4) is 0 Å². The monoisotopic (exact) mass is 454 g/mol. The molecule has 4 fully saturated rings. The lowest BCUT2D eigenvalue weighted by atomic mass is 9.51. The van der Waals surface area contributed by atoms with Crippen molar-refractivity contribution in [3.63, 3.8) is 0 Å². The first kappa shape index (κ1) is 19.4. The number of nitrogens with zero attached hydrogens (tertiary/aromatic N) is 2. The van der Waals surface area contributed by atoms with Crippen molar-refractivity contribution < 1.29 is 19.1 Å². The second-order valence-electron chi connectivity index (χ2n) is 10.6. The van der Waals surface area contributed by atoms with E-state index >= 15 is 0 Å². The average molecular weight is 455 g/mol. The molecule has 172 valence electrons. The minimum atomic E-state index is -1.09. The summed E-state index contributed by atoms with van der Waals surface area (Å²) in [6.45, 7) is 2.40. The number of benzene rings is 2. The third kappa shape index (κ3) is 2.03. The number of hydrogen-bond donors (Lipinski definition) is 0. The van der Waals surface area contributed by atoms with Gasteiger partial charge < -0.3 is 9.47 Å². The second kappa shape index (κ2) is 6.37. The van der Waals surface area contributed by atoms with E-state index < -0.39 is 11.1 Å². The number of ether oxygens (including phenoxy) is 2. The molecule has 2 aromatic carbocycles. The number of para-hydroxylation sites is 1. The zero-order chi connectivity index (χ0) is 22.7. The van der Waals surface area contributed by atoms with Gasteiger partial charge in [0.25, 0.3) is 0 Å². The van der Waals surface area contributed by atoms with Crippen molar-refractivity contribution in [1.82, 2.24) is 4.90 Å². The van der Waals surface area contributed by atoms with Gasteiger partial charge in [-0.25, -0.2) is 4.79 Å². The summed E-state index contributed by atoms with van der Waals surface area (Å²) in [4.78, 5) is 32.2. The number of amides is 1. The third-order valence-corrected chi connectivity index (χ3v) is 9.56. The highest BCUT2D eigenvalue weighted by atomic mass is 16.6. The van der Waals surface area contributed by atoms with Crippen LogP contribution in [0.25, 0.3) is 0 Å². The number of hydrogen-bond acceptors (Lipinski definition) is 5. The maximum atomic E-state index is 13.9. The van der Waals surface area contributed by atoms with Gasteiger partial charge in [-0.05, 0) is 49.1 Å². The molecule has 2 aromatic rings. The molecular weight excluding hydrogens is 428 g/mol. The first-order valence-corrected chi connectivity index (χ1v) is 12.4. The van der Waals surface area contributed by atoms with Crippen LogP contribution in [0.15, 0.2) is 66.2 Å². The highest BCUT2D eigenvalue weighted by Crippen LogP contribution is 2.71. The maximum absolute atomic E-state index is 13.9. The molecule has 0 N–H and O–H groups in total. The van der Waals surface area contributed by atoms with Crippen LogP contribution in [-0.2, 0) is 19.7 Å². The van der Waals surface area contributed by atoms with Crippen LogP contribution in [0.1, 0.15) is 35.2 Å². The highest BCUT2D eigenvalue weighted by molar-refractivity contribution is 6.01. The van der Waals surface area contributed by atoms with Crippen molar-refractivity contribution in [3.05, 3.63) is 77.4 Å². The summed E-state index contributed by atoms with van der Waals surface area (Å²) in [5.41, 5.74) is 2.44. The molecule has 2 bridgehead atoms. The van der Waals surface area contributed by atoms with Crippen molar-refractivity contribution >= 4 is 17.6 Å². The standard InChI is InChI=1S/C28H26N2O4/c31-24-15-22-25-19-14-23-27(11-12-29(23)16-18(19)10-13-33-22)20-8-4-5-9-21(20)30(24)28(25,27)34-26(32)17-6-2-1-3-7-17/h1-10,19,22-23,25H,11-16H2/t19-,22?,23-,25+,27+,28?/m0/s1. The number of carbonyl (C=O) groups is 2. The predicted octanol–water partition coefficient (Wildman–Crippen LogP) is 3.28. The Morgan fingerprint density at radius 2 is 1.91 bits per heavy atom. The van der Waals surface area contributed by atoms with E-state index in [1.54, 1.807) is 12.1 Å². The molecule has 6 nitrogen and oxygen atoms in total. The molecule has 3 saturated heterocycles. The van der Waals surface area contributed by atoms with Crippen LogP contribution in [0, 0.1) is 11.8 Å². The predicted molar refractivity (Wildman–Crippen MR) is 124 cm³/mol. The van der Waals surface area contributed by atoms with Crippen molar-refractivity contribution in [2.45, 2.75) is 42.5 Å². The molecule has 6 heteroatoms. The summed E-state index contributed by atoms with van der Waals surface area (Å²) >= 11 is 0. The minimum Gasteiger partial charge on any atom is -0.433 e. The van der Waals surface area contributed by atoms with E-state index in [2.05, 4.69) is 23.1 Å². The number of anilines is 1. The van der Waals surface area contributed by atoms with Crippen LogP contribution in [0.2, 0.25) is 0 Å². The normalized spacial score (nSPS) is 38.8.